The second kappa shape index (κ2) is 14.8. The van der Waals surface area contributed by atoms with E-state index in [0.29, 0.717) is 0 Å². The molecule has 0 aliphatic rings. The van der Waals surface area contributed by atoms with Gasteiger partial charge in [0, 0.05) is 59.4 Å². The molecule has 0 bridgehead atoms. The van der Waals surface area contributed by atoms with E-state index in [-0.39, 0.29) is 0 Å². The van der Waals surface area contributed by atoms with Crippen LogP contribution in [-0.4, -0.2) is 0 Å². The summed E-state index contributed by atoms with van der Waals surface area (Å²) in [5.74, 6) is 0. The minimum atomic E-state index is 1.08. The van der Waals surface area contributed by atoms with Gasteiger partial charge in [0.15, 0.2) is 0 Å². The Morgan fingerprint density at radius 1 is 0.288 bits per heavy atom. The van der Waals surface area contributed by atoms with E-state index in [4.69, 9.17) is 0 Å². The second-order valence-corrected chi connectivity index (χ2v) is 16.0. The van der Waals surface area contributed by atoms with E-state index < -0.39 is 0 Å². The summed E-state index contributed by atoms with van der Waals surface area (Å²) in [5, 5.41) is 7.52. The lowest BCUT2D eigenvalue weighted by Gasteiger charge is -2.31. The number of nitrogens with zero attached hydrogens (tertiary/aromatic N) is 2. The maximum Gasteiger partial charge on any atom is 0.0561 e. The molecule has 0 amide bonds. The fraction of sp³-hybridized carbons (Fsp3) is 0. The van der Waals surface area contributed by atoms with Crippen LogP contribution in [0, 0.1) is 0 Å². The van der Waals surface area contributed by atoms with Crippen molar-refractivity contribution >= 4 is 87.2 Å². The lowest BCUT2D eigenvalue weighted by Crippen LogP contribution is -2.14. The molecule has 0 saturated carbocycles. The molecule has 0 unspecified atom stereocenters. The van der Waals surface area contributed by atoms with Crippen molar-refractivity contribution in [3.63, 3.8) is 0 Å². The van der Waals surface area contributed by atoms with Crippen LogP contribution in [0.5, 0.6) is 0 Å². The van der Waals surface area contributed by atoms with Crippen LogP contribution in [0.25, 0.3) is 64.0 Å². The Kier molecular flexibility index (Phi) is 8.72. The van der Waals surface area contributed by atoms with Gasteiger partial charge in [0.2, 0.25) is 0 Å². The number of anilines is 6. The highest BCUT2D eigenvalue weighted by atomic mass is 32.1. The second-order valence-electron chi connectivity index (χ2n) is 14.9. The average molecular weight is 771 g/mol. The smallest absolute Gasteiger partial charge is 0.0561 e. The van der Waals surface area contributed by atoms with E-state index >= 15 is 0 Å². The summed E-state index contributed by atoms with van der Waals surface area (Å²) >= 11 is 1.89. The highest BCUT2D eigenvalue weighted by molar-refractivity contribution is 7.26. The number of benzene rings is 10. The fourth-order valence-electron chi connectivity index (χ4n) is 8.61. The Morgan fingerprint density at radius 3 is 1.34 bits per heavy atom. The maximum atomic E-state index is 2.43. The summed E-state index contributed by atoms with van der Waals surface area (Å²) in [7, 11) is 0. The van der Waals surface area contributed by atoms with Crippen LogP contribution in [0.3, 0.4) is 0 Å². The molecule has 0 saturated heterocycles. The average Bonchev–Trinajstić information content (AvgIpc) is 3.70. The number of rotatable bonds is 8. The molecule has 2 nitrogen and oxygen atoms in total. The van der Waals surface area contributed by atoms with Gasteiger partial charge in [-0.25, -0.2) is 0 Å². The van der Waals surface area contributed by atoms with Gasteiger partial charge in [-0.3, -0.25) is 0 Å². The van der Waals surface area contributed by atoms with Crippen LogP contribution in [0.2, 0.25) is 0 Å². The molecule has 0 aliphatic carbocycles. The summed E-state index contributed by atoms with van der Waals surface area (Å²) in [6, 6.07) is 83.6. The van der Waals surface area contributed by atoms with Crippen molar-refractivity contribution in [2.24, 2.45) is 0 Å². The van der Waals surface area contributed by atoms with E-state index in [1.165, 1.54) is 64.0 Å². The molecule has 11 rings (SSSR count). The minimum Gasteiger partial charge on any atom is -0.310 e. The van der Waals surface area contributed by atoms with E-state index in [2.05, 4.69) is 240 Å². The van der Waals surface area contributed by atoms with Crippen LogP contribution >= 0.6 is 11.3 Å². The highest BCUT2D eigenvalue weighted by Crippen LogP contribution is 2.48. The molecule has 1 heterocycles. The van der Waals surface area contributed by atoms with Crippen molar-refractivity contribution in [2.75, 3.05) is 9.80 Å². The molecule has 0 radical (unpaired) electrons. The standard InChI is InChI=1S/C56H38N2S/c1-5-15-39(16-6-1)41-25-31-46(32-26-41)57(44-19-9-3-10-20-44)48-37-52-49(35-29-43-30-36-51-50-23-13-14-24-54(50)59-56(51)55(43)52)53(38-48)58(45-21-11-4-12-22-45)47-33-27-42(28-34-47)40-17-7-2-8-18-40/h1-38H. The van der Waals surface area contributed by atoms with Gasteiger partial charge in [0.25, 0.3) is 0 Å². The summed E-state index contributed by atoms with van der Waals surface area (Å²) < 4.78 is 2.62. The Balaban J connectivity index is 1.21. The minimum absolute atomic E-state index is 1.08. The topological polar surface area (TPSA) is 6.48 Å². The first kappa shape index (κ1) is 34.8. The molecule has 278 valence electrons. The lowest BCUT2D eigenvalue weighted by atomic mass is 9.96. The molecule has 11 aromatic rings. The summed E-state index contributed by atoms with van der Waals surface area (Å²) in [6.45, 7) is 0. The van der Waals surface area contributed by atoms with Gasteiger partial charge in [0.05, 0.1) is 5.69 Å². The summed E-state index contributed by atoms with van der Waals surface area (Å²) in [6.07, 6.45) is 0. The molecule has 10 aromatic carbocycles. The third-order valence-corrected chi connectivity index (χ3v) is 12.6. The monoisotopic (exact) mass is 770 g/mol. The van der Waals surface area contributed by atoms with E-state index in [1.807, 2.05) is 11.3 Å². The van der Waals surface area contributed by atoms with Gasteiger partial charge < -0.3 is 9.80 Å². The van der Waals surface area contributed by atoms with Crippen LogP contribution in [-0.2, 0) is 0 Å². The highest BCUT2D eigenvalue weighted by Gasteiger charge is 2.22. The Bertz CT molecular complexity index is 3230. The van der Waals surface area contributed by atoms with Gasteiger partial charge in [0.1, 0.15) is 0 Å². The molecular weight excluding hydrogens is 733 g/mol. The van der Waals surface area contributed by atoms with Gasteiger partial charge in [-0.15, -0.1) is 11.3 Å². The Morgan fingerprint density at radius 2 is 0.746 bits per heavy atom. The van der Waals surface area contributed by atoms with Crippen molar-refractivity contribution in [1.29, 1.82) is 0 Å². The number of hydrogen-bond acceptors (Lipinski definition) is 3. The molecule has 0 aliphatic heterocycles. The zero-order chi connectivity index (χ0) is 39.1. The normalized spacial score (nSPS) is 11.4. The third kappa shape index (κ3) is 6.29. The van der Waals surface area contributed by atoms with Crippen LogP contribution < -0.4 is 9.80 Å². The zero-order valence-electron chi connectivity index (χ0n) is 32.2. The maximum absolute atomic E-state index is 2.43. The van der Waals surface area contributed by atoms with Crippen LogP contribution in [0.4, 0.5) is 34.1 Å². The van der Waals surface area contributed by atoms with Crippen molar-refractivity contribution in [2.45, 2.75) is 0 Å². The molecule has 0 fully saturated rings. The molecule has 0 spiro atoms. The van der Waals surface area contributed by atoms with Crippen molar-refractivity contribution in [1.82, 2.24) is 0 Å². The van der Waals surface area contributed by atoms with Crippen molar-refractivity contribution < 1.29 is 0 Å². The predicted octanol–water partition coefficient (Wildman–Crippen LogP) is 16.6. The van der Waals surface area contributed by atoms with Crippen molar-refractivity contribution in [3.8, 4) is 22.3 Å². The van der Waals surface area contributed by atoms with Crippen LogP contribution in [0.15, 0.2) is 231 Å². The SMILES string of the molecule is c1ccc(-c2ccc(N(c3ccccc3)c3cc(N(c4ccccc4)c4ccc(-c5ccccc5)cc4)c4ccc5ccc6c7ccccc7sc6c5c4c3)cc2)cc1. The van der Waals surface area contributed by atoms with Gasteiger partial charge >= 0.3 is 0 Å². The first-order valence-corrected chi connectivity index (χ1v) is 20.9. The molecule has 3 heteroatoms. The number of hydrogen-bond donors (Lipinski definition) is 0. The fourth-order valence-corrected chi connectivity index (χ4v) is 9.88. The van der Waals surface area contributed by atoms with Crippen molar-refractivity contribution in [3.05, 3.63) is 231 Å². The molecule has 1 aromatic heterocycles. The predicted molar refractivity (Wildman–Crippen MR) is 255 cm³/mol. The van der Waals surface area contributed by atoms with Gasteiger partial charge in [-0.2, -0.15) is 0 Å². The van der Waals surface area contributed by atoms with Gasteiger partial charge in [-0.05, 0) is 99.8 Å². The largest absolute Gasteiger partial charge is 0.310 e. The van der Waals surface area contributed by atoms with E-state index in [1.54, 1.807) is 0 Å². The number of fused-ring (bicyclic) bond motifs is 7. The lowest BCUT2D eigenvalue weighted by molar-refractivity contribution is 1.26. The van der Waals surface area contributed by atoms with E-state index in [9.17, 15) is 0 Å². The summed E-state index contributed by atoms with van der Waals surface area (Å²) in [5.41, 5.74) is 11.3. The van der Waals surface area contributed by atoms with Gasteiger partial charge in [-0.1, -0.05) is 164 Å². The van der Waals surface area contributed by atoms with Crippen LogP contribution in [0.1, 0.15) is 0 Å². The summed E-state index contributed by atoms with van der Waals surface area (Å²) in [4.78, 5) is 4.84. The third-order valence-electron chi connectivity index (χ3n) is 11.4. The Hall–Kier alpha value is -7.46. The molecular formula is C56H38N2S. The molecule has 0 atom stereocenters. The number of para-hydroxylation sites is 2. The number of thiophene rings is 1. The first-order chi connectivity index (χ1) is 29.3. The van der Waals surface area contributed by atoms with E-state index in [0.717, 1.165) is 34.1 Å². The quantitative estimate of drug-likeness (QED) is 0.142. The zero-order valence-corrected chi connectivity index (χ0v) is 33.1. The molecule has 0 N–H and O–H groups in total. The molecule has 59 heavy (non-hydrogen) atoms. The Labute approximate surface area is 348 Å². The first-order valence-electron chi connectivity index (χ1n) is 20.1.